The average molecular weight is 496 g/mol. The Morgan fingerprint density at radius 3 is 2.55 bits per heavy atom. The molecule has 0 unspecified atom stereocenters. The van der Waals surface area contributed by atoms with Crippen LogP contribution in [0.15, 0.2) is 18.2 Å². The number of hydrogen-bond donors (Lipinski definition) is 0. The summed E-state index contributed by atoms with van der Waals surface area (Å²) in [5.74, 6) is 1.19. The second-order valence-corrected chi connectivity index (χ2v) is 8.52. The van der Waals surface area contributed by atoms with Crippen molar-refractivity contribution in [2.24, 2.45) is 0 Å². The summed E-state index contributed by atoms with van der Waals surface area (Å²) in [6.45, 7) is 9.04. The molecule has 0 bridgehead atoms. The monoisotopic (exact) mass is 495 g/mol. The fourth-order valence-electron chi connectivity index (χ4n) is 3.81. The van der Waals surface area contributed by atoms with E-state index in [9.17, 15) is 4.79 Å². The van der Waals surface area contributed by atoms with E-state index >= 15 is 0 Å². The normalized spacial score (nSPS) is 14.2. The largest absolute Gasteiger partial charge is 0.495 e. The molecule has 3 aromatic rings. The average Bonchev–Trinajstić information content (AvgIpc) is 3.43. The van der Waals surface area contributed by atoms with E-state index in [-0.39, 0.29) is 18.3 Å². The Hall–Kier alpha value is -2.40. The fourth-order valence-corrected chi connectivity index (χ4v) is 4.91. The molecule has 0 N–H and O–H groups in total. The van der Waals surface area contributed by atoms with E-state index in [1.165, 1.54) is 11.3 Å². The molecule has 1 aliphatic rings. The van der Waals surface area contributed by atoms with Gasteiger partial charge in [-0.25, -0.2) is 4.98 Å². The highest BCUT2D eigenvalue weighted by Gasteiger charge is 2.26. The molecule has 2 aromatic heterocycles. The first-order valence-corrected chi connectivity index (χ1v) is 11.5. The summed E-state index contributed by atoms with van der Waals surface area (Å²) in [4.78, 5) is 22.4. The van der Waals surface area contributed by atoms with E-state index in [4.69, 9.17) is 19.2 Å². The van der Waals surface area contributed by atoms with Crippen molar-refractivity contribution >= 4 is 45.0 Å². The molecule has 9 nitrogen and oxygen atoms in total. The molecule has 0 radical (unpaired) electrons. The highest BCUT2D eigenvalue weighted by molar-refractivity contribution is 7.22. The van der Waals surface area contributed by atoms with E-state index in [0.29, 0.717) is 54.1 Å². The molecular weight excluding hydrogens is 466 g/mol. The second-order valence-electron chi connectivity index (χ2n) is 7.54. The number of methoxy groups -OCH3 is 2. The molecule has 3 heterocycles. The van der Waals surface area contributed by atoms with Gasteiger partial charge in [0.1, 0.15) is 21.7 Å². The van der Waals surface area contributed by atoms with Gasteiger partial charge in [-0.15, -0.1) is 12.4 Å². The van der Waals surface area contributed by atoms with Gasteiger partial charge in [0.15, 0.2) is 10.8 Å². The number of amides is 1. The predicted molar refractivity (Wildman–Crippen MR) is 132 cm³/mol. The Labute approximate surface area is 203 Å². The number of ether oxygens (including phenoxy) is 3. The van der Waals surface area contributed by atoms with Gasteiger partial charge < -0.3 is 14.2 Å². The van der Waals surface area contributed by atoms with Gasteiger partial charge in [-0.2, -0.15) is 5.10 Å². The zero-order chi connectivity index (χ0) is 22.7. The van der Waals surface area contributed by atoms with Gasteiger partial charge in [0.05, 0.1) is 27.4 Å². The quantitative estimate of drug-likeness (QED) is 0.474. The maximum Gasteiger partial charge on any atom is 0.280 e. The Morgan fingerprint density at radius 1 is 1.21 bits per heavy atom. The molecule has 1 fully saturated rings. The van der Waals surface area contributed by atoms with Crippen molar-refractivity contribution in [1.82, 2.24) is 19.7 Å². The third kappa shape index (κ3) is 5.24. The van der Waals surface area contributed by atoms with Crippen LogP contribution in [0.2, 0.25) is 0 Å². The number of carbonyl (C=O) groups is 1. The summed E-state index contributed by atoms with van der Waals surface area (Å²) in [7, 11) is 3.24. The van der Waals surface area contributed by atoms with Gasteiger partial charge in [0.25, 0.3) is 5.91 Å². The zero-order valence-corrected chi connectivity index (χ0v) is 21.0. The van der Waals surface area contributed by atoms with Gasteiger partial charge in [0, 0.05) is 38.4 Å². The Kier molecular flexibility index (Phi) is 8.52. The number of benzene rings is 1. The van der Waals surface area contributed by atoms with Gasteiger partial charge in [-0.3, -0.25) is 19.3 Å². The summed E-state index contributed by atoms with van der Waals surface area (Å²) in [5.41, 5.74) is 2.06. The van der Waals surface area contributed by atoms with Crippen molar-refractivity contribution in [3.05, 3.63) is 29.6 Å². The van der Waals surface area contributed by atoms with Crippen LogP contribution >= 0.6 is 23.7 Å². The first kappa shape index (κ1) is 25.2. The van der Waals surface area contributed by atoms with Crippen LogP contribution in [0.1, 0.15) is 23.1 Å². The van der Waals surface area contributed by atoms with Crippen LogP contribution < -0.4 is 14.4 Å². The molecule has 11 heteroatoms. The molecule has 33 heavy (non-hydrogen) atoms. The van der Waals surface area contributed by atoms with Crippen LogP contribution in [0.5, 0.6) is 11.5 Å². The number of anilines is 1. The Balaban J connectivity index is 0.00000306. The summed E-state index contributed by atoms with van der Waals surface area (Å²) in [6.07, 6.45) is 0. The number of aryl methyl sites for hydroxylation is 2. The van der Waals surface area contributed by atoms with Crippen LogP contribution in [-0.2, 0) is 11.3 Å². The number of carbonyl (C=O) groups excluding carboxylic acids is 1. The molecule has 0 aliphatic carbocycles. The number of aromatic nitrogens is 3. The maximum atomic E-state index is 13.6. The van der Waals surface area contributed by atoms with Crippen molar-refractivity contribution < 1.29 is 19.0 Å². The number of thiazole rings is 1. The minimum atomic E-state index is -0.162. The number of fused-ring (bicyclic) bond motifs is 1. The van der Waals surface area contributed by atoms with Gasteiger partial charge >= 0.3 is 0 Å². The molecule has 4 rings (SSSR count). The van der Waals surface area contributed by atoms with Gasteiger partial charge in [-0.1, -0.05) is 11.3 Å². The van der Waals surface area contributed by atoms with Crippen molar-refractivity contribution in [3.8, 4) is 11.5 Å². The SMILES string of the molecule is CCn1nc(C(=O)N(CCN2CCOCC2)c2nc3c(OC)ccc(OC)c3s2)cc1C.Cl. The zero-order valence-electron chi connectivity index (χ0n) is 19.4. The summed E-state index contributed by atoms with van der Waals surface area (Å²) in [5, 5.41) is 5.11. The minimum absolute atomic E-state index is 0. The number of hydrogen-bond acceptors (Lipinski definition) is 8. The van der Waals surface area contributed by atoms with E-state index in [2.05, 4.69) is 10.00 Å². The molecular formula is C22H30ClN5O4S. The molecule has 0 atom stereocenters. The number of rotatable bonds is 8. The van der Waals surface area contributed by atoms with Gasteiger partial charge in [-0.05, 0) is 32.0 Å². The molecule has 0 saturated carbocycles. The van der Waals surface area contributed by atoms with Gasteiger partial charge in [0.2, 0.25) is 0 Å². The van der Waals surface area contributed by atoms with Crippen molar-refractivity contribution in [1.29, 1.82) is 0 Å². The molecule has 1 aromatic carbocycles. The highest BCUT2D eigenvalue weighted by Crippen LogP contribution is 2.40. The first-order valence-electron chi connectivity index (χ1n) is 10.7. The standard InChI is InChI=1S/C22H29N5O4S.ClH/c1-5-27-15(2)14-16(24-27)21(28)26(9-8-25-10-12-31-13-11-25)22-23-19-17(29-3)6-7-18(30-4)20(19)32-22;/h6-7,14H,5,8-13H2,1-4H3;1H. The van der Waals surface area contributed by atoms with Crippen molar-refractivity contribution in [3.63, 3.8) is 0 Å². The maximum absolute atomic E-state index is 13.6. The summed E-state index contributed by atoms with van der Waals surface area (Å²) < 4.78 is 19.2. The summed E-state index contributed by atoms with van der Waals surface area (Å²) in [6, 6.07) is 5.52. The predicted octanol–water partition coefficient (Wildman–Crippen LogP) is 3.24. The van der Waals surface area contributed by atoms with Crippen LogP contribution in [0.25, 0.3) is 10.2 Å². The lowest BCUT2D eigenvalue weighted by molar-refractivity contribution is 0.0391. The molecule has 0 spiro atoms. The lowest BCUT2D eigenvalue weighted by Gasteiger charge is -2.29. The topological polar surface area (TPSA) is 82.0 Å². The Morgan fingerprint density at radius 2 is 1.91 bits per heavy atom. The second kappa shape index (κ2) is 11.1. The number of nitrogens with zero attached hydrogens (tertiary/aromatic N) is 5. The molecule has 1 saturated heterocycles. The van der Waals surface area contributed by atoms with Crippen LogP contribution in [0, 0.1) is 6.92 Å². The number of morpholine rings is 1. The molecule has 180 valence electrons. The van der Waals surface area contributed by atoms with Crippen molar-refractivity contribution in [2.75, 3.05) is 58.5 Å². The van der Waals surface area contributed by atoms with E-state index < -0.39 is 0 Å². The molecule has 1 amide bonds. The lowest BCUT2D eigenvalue weighted by Crippen LogP contribution is -2.43. The smallest absolute Gasteiger partial charge is 0.280 e. The fraction of sp³-hybridized carbons (Fsp3) is 0.500. The third-order valence-electron chi connectivity index (χ3n) is 5.62. The van der Waals surface area contributed by atoms with Crippen LogP contribution in [-0.4, -0.2) is 79.2 Å². The van der Waals surface area contributed by atoms with Crippen molar-refractivity contribution in [2.45, 2.75) is 20.4 Å². The number of halogens is 1. The third-order valence-corrected chi connectivity index (χ3v) is 6.71. The Bertz CT molecular complexity index is 1060. The first-order chi connectivity index (χ1) is 15.5. The van der Waals surface area contributed by atoms with E-state index in [1.54, 1.807) is 19.1 Å². The van der Waals surface area contributed by atoms with E-state index in [0.717, 1.165) is 30.0 Å². The minimum Gasteiger partial charge on any atom is -0.495 e. The van der Waals surface area contributed by atoms with Crippen LogP contribution in [0.4, 0.5) is 5.13 Å². The van der Waals surface area contributed by atoms with E-state index in [1.807, 2.05) is 36.7 Å². The highest BCUT2D eigenvalue weighted by atomic mass is 35.5. The van der Waals surface area contributed by atoms with Crippen LogP contribution in [0.3, 0.4) is 0 Å². The molecule has 1 aliphatic heterocycles. The lowest BCUT2D eigenvalue weighted by atomic mass is 10.3. The summed E-state index contributed by atoms with van der Waals surface area (Å²) >= 11 is 1.42.